The Morgan fingerprint density at radius 3 is 2.86 bits per heavy atom. The lowest BCUT2D eigenvalue weighted by Gasteiger charge is -2.03. The average molecular weight is 276 g/mol. The number of rotatable bonds is 2. The molecule has 2 N–H and O–H groups in total. The van der Waals surface area contributed by atoms with Gasteiger partial charge in [-0.2, -0.15) is 5.26 Å². The minimum atomic E-state index is 0.449. The van der Waals surface area contributed by atoms with E-state index < -0.39 is 0 Å². The summed E-state index contributed by atoms with van der Waals surface area (Å²) in [5.74, 6) is 1.01. The summed E-state index contributed by atoms with van der Waals surface area (Å²) in [5, 5.41) is 13.5. The molecule has 0 aliphatic carbocycles. The van der Waals surface area contributed by atoms with Crippen LogP contribution in [0.2, 0.25) is 0 Å². The van der Waals surface area contributed by atoms with Crippen molar-refractivity contribution in [2.45, 2.75) is 6.92 Å². The molecule has 0 aliphatic heterocycles. The van der Waals surface area contributed by atoms with Crippen LogP contribution >= 0.6 is 0 Å². The Kier molecular flexibility index (Phi) is 3.09. The maximum atomic E-state index is 9.16. The highest BCUT2D eigenvalue weighted by molar-refractivity contribution is 5.60. The Hall–Kier alpha value is -3.20. The molecule has 1 aromatic carbocycles. The average Bonchev–Trinajstić information content (AvgIpc) is 2.97. The number of hydrogen-bond donors (Lipinski definition) is 1. The largest absolute Gasteiger partial charge is 0.399 e. The van der Waals surface area contributed by atoms with Gasteiger partial charge in [0, 0.05) is 16.9 Å². The summed E-state index contributed by atoms with van der Waals surface area (Å²) in [5.41, 5.74) is 8.49. The van der Waals surface area contributed by atoms with Gasteiger partial charge in [0.05, 0.1) is 5.56 Å². The number of aryl methyl sites for hydroxylation is 1. The van der Waals surface area contributed by atoms with Crippen LogP contribution in [0.5, 0.6) is 0 Å². The number of hydrogen-bond acceptors (Lipinski definition) is 5. The molecule has 3 rings (SSSR count). The van der Waals surface area contributed by atoms with Gasteiger partial charge in [0.2, 0.25) is 0 Å². The number of nitrogens with zero attached hydrogens (tertiary/aromatic N) is 5. The smallest absolute Gasteiger partial charge is 0.181 e. The minimum Gasteiger partial charge on any atom is -0.399 e. The van der Waals surface area contributed by atoms with E-state index in [0.717, 1.165) is 11.3 Å². The quantitative estimate of drug-likeness (QED) is 0.723. The molecule has 0 amide bonds. The standard InChI is InChI=1S/C15H12N6/c1-10-5-6-12(8-16)15(19-10)21-9-18-14(20-21)11-3-2-4-13(17)7-11/h2-7,9H,17H2,1H3. The molecule has 0 saturated heterocycles. The van der Waals surface area contributed by atoms with Crippen LogP contribution < -0.4 is 5.73 Å². The first kappa shape index (κ1) is 12.8. The second-order valence-corrected chi connectivity index (χ2v) is 4.57. The molecular weight excluding hydrogens is 264 g/mol. The topological polar surface area (TPSA) is 93.4 Å². The van der Waals surface area contributed by atoms with E-state index >= 15 is 0 Å². The summed E-state index contributed by atoms with van der Waals surface area (Å²) in [7, 11) is 0. The van der Waals surface area contributed by atoms with E-state index in [0.29, 0.717) is 22.9 Å². The molecule has 0 spiro atoms. The molecule has 0 atom stereocenters. The number of nitriles is 1. The highest BCUT2D eigenvalue weighted by Gasteiger charge is 2.10. The van der Waals surface area contributed by atoms with Gasteiger partial charge in [0.15, 0.2) is 11.6 Å². The van der Waals surface area contributed by atoms with Crippen molar-refractivity contribution in [2.75, 3.05) is 5.73 Å². The number of anilines is 1. The van der Waals surface area contributed by atoms with Crippen molar-refractivity contribution >= 4 is 5.69 Å². The molecule has 0 bridgehead atoms. The number of aromatic nitrogens is 4. The van der Waals surface area contributed by atoms with Gasteiger partial charge < -0.3 is 5.73 Å². The van der Waals surface area contributed by atoms with Crippen LogP contribution in [0.15, 0.2) is 42.7 Å². The monoisotopic (exact) mass is 276 g/mol. The lowest BCUT2D eigenvalue weighted by Crippen LogP contribution is -2.03. The molecule has 0 radical (unpaired) electrons. The molecule has 21 heavy (non-hydrogen) atoms. The van der Waals surface area contributed by atoms with E-state index in [-0.39, 0.29) is 0 Å². The SMILES string of the molecule is Cc1ccc(C#N)c(-n2cnc(-c3cccc(N)c3)n2)n1. The van der Waals surface area contributed by atoms with E-state index in [1.54, 1.807) is 30.6 Å². The van der Waals surface area contributed by atoms with Crippen LogP contribution in [0.4, 0.5) is 5.69 Å². The third-order valence-electron chi connectivity index (χ3n) is 2.99. The third kappa shape index (κ3) is 2.44. The molecule has 3 aromatic rings. The molecule has 102 valence electrons. The van der Waals surface area contributed by atoms with Crippen LogP contribution in [0.25, 0.3) is 17.2 Å². The lowest BCUT2D eigenvalue weighted by molar-refractivity contribution is 0.838. The van der Waals surface area contributed by atoms with Gasteiger partial charge in [-0.25, -0.2) is 14.6 Å². The van der Waals surface area contributed by atoms with E-state index in [9.17, 15) is 0 Å². The summed E-state index contributed by atoms with van der Waals surface area (Å²) in [4.78, 5) is 8.61. The van der Waals surface area contributed by atoms with Gasteiger partial charge >= 0.3 is 0 Å². The molecule has 0 unspecified atom stereocenters. The van der Waals surface area contributed by atoms with Crippen molar-refractivity contribution in [2.24, 2.45) is 0 Å². The molecule has 2 aromatic heterocycles. The fraction of sp³-hybridized carbons (Fsp3) is 0.0667. The normalized spacial score (nSPS) is 10.3. The molecule has 0 fully saturated rings. The second kappa shape index (κ2) is 5.06. The third-order valence-corrected chi connectivity index (χ3v) is 2.99. The maximum absolute atomic E-state index is 9.16. The first-order valence-electron chi connectivity index (χ1n) is 6.33. The Bertz CT molecular complexity index is 843. The predicted molar refractivity (Wildman–Crippen MR) is 78.5 cm³/mol. The van der Waals surface area contributed by atoms with E-state index in [1.165, 1.54) is 4.68 Å². The Labute approximate surface area is 121 Å². The van der Waals surface area contributed by atoms with Crippen molar-refractivity contribution in [3.63, 3.8) is 0 Å². The van der Waals surface area contributed by atoms with Crippen molar-refractivity contribution in [1.29, 1.82) is 5.26 Å². The Morgan fingerprint density at radius 2 is 2.10 bits per heavy atom. The van der Waals surface area contributed by atoms with E-state index in [2.05, 4.69) is 21.1 Å². The number of pyridine rings is 1. The summed E-state index contributed by atoms with van der Waals surface area (Å²) >= 11 is 0. The predicted octanol–water partition coefficient (Wildman–Crippen LogP) is 2.09. The van der Waals surface area contributed by atoms with Crippen LogP contribution in [-0.2, 0) is 0 Å². The van der Waals surface area contributed by atoms with Crippen LogP contribution in [0.1, 0.15) is 11.3 Å². The molecule has 2 heterocycles. The first-order chi connectivity index (χ1) is 10.2. The highest BCUT2D eigenvalue weighted by atomic mass is 15.4. The van der Waals surface area contributed by atoms with Crippen molar-refractivity contribution in [3.8, 4) is 23.3 Å². The van der Waals surface area contributed by atoms with E-state index in [4.69, 9.17) is 11.0 Å². The molecule has 6 heteroatoms. The minimum absolute atomic E-state index is 0.449. The van der Waals surface area contributed by atoms with Crippen LogP contribution in [-0.4, -0.2) is 19.7 Å². The summed E-state index contributed by atoms with van der Waals surface area (Å²) in [6, 6.07) is 12.9. The zero-order valence-electron chi connectivity index (χ0n) is 11.4. The second-order valence-electron chi connectivity index (χ2n) is 4.57. The van der Waals surface area contributed by atoms with Gasteiger partial charge in [-0.15, -0.1) is 5.10 Å². The Balaban J connectivity index is 2.07. The Morgan fingerprint density at radius 1 is 1.24 bits per heavy atom. The summed E-state index contributed by atoms with van der Waals surface area (Å²) < 4.78 is 1.50. The van der Waals surface area contributed by atoms with Crippen molar-refractivity contribution < 1.29 is 0 Å². The van der Waals surface area contributed by atoms with Gasteiger partial charge in [0.1, 0.15) is 12.4 Å². The maximum Gasteiger partial charge on any atom is 0.181 e. The fourth-order valence-electron chi connectivity index (χ4n) is 1.98. The molecular formula is C15H12N6. The van der Waals surface area contributed by atoms with Gasteiger partial charge in [-0.05, 0) is 31.2 Å². The van der Waals surface area contributed by atoms with E-state index in [1.807, 2.05) is 19.1 Å². The van der Waals surface area contributed by atoms with Crippen molar-refractivity contribution in [1.82, 2.24) is 19.7 Å². The molecule has 0 aliphatic rings. The van der Waals surface area contributed by atoms with Gasteiger partial charge in [0.25, 0.3) is 0 Å². The fourth-order valence-corrected chi connectivity index (χ4v) is 1.98. The number of nitrogens with two attached hydrogens (primary N) is 1. The molecule has 6 nitrogen and oxygen atoms in total. The van der Waals surface area contributed by atoms with Crippen LogP contribution in [0.3, 0.4) is 0 Å². The van der Waals surface area contributed by atoms with Crippen molar-refractivity contribution in [3.05, 3.63) is 54.0 Å². The zero-order valence-corrected chi connectivity index (χ0v) is 11.4. The number of benzene rings is 1. The zero-order chi connectivity index (χ0) is 14.8. The first-order valence-corrected chi connectivity index (χ1v) is 6.33. The number of nitrogen functional groups attached to an aromatic ring is 1. The summed E-state index contributed by atoms with van der Waals surface area (Å²) in [6.07, 6.45) is 1.54. The lowest BCUT2D eigenvalue weighted by atomic mass is 10.2. The van der Waals surface area contributed by atoms with Gasteiger partial charge in [-0.1, -0.05) is 12.1 Å². The van der Waals surface area contributed by atoms with Gasteiger partial charge in [-0.3, -0.25) is 0 Å². The van der Waals surface area contributed by atoms with Crippen LogP contribution in [0, 0.1) is 18.3 Å². The highest BCUT2D eigenvalue weighted by Crippen LogP contribution is 2.19. The molecule has 0 saturated carbocycles. The summed E-state index contributed by atoms with van der Waals surface area (Å²) in [6.45, 7) is 1.86.